The summed E-state index contributed by atoms with van der Waals surface area (Å²) in [6.45, 7) is 8.62. The van der Waals surface area contributed by atoms with Gasteiger partial charge in [0.05, 0.1) is 36.7 Å². The van der Waals surface area contributed by atoms with E-state index in [1.165, 1.54) is 18.7 Å². The molecule has 178 valence electrons. The second kappa shape index (κ2) is 10.1. The lowest BCUT2D eigenvalue weighted by atomic mass is 9.89. The molecule has 0 spiro atoms. The summed E-state index contributed by atoms with van der Waals surface area (Å²) in [5.74, 6) is 0.689. The molecule has 0 unspecified atom stereocenters. The molecule has 0 aliphatic carbocycles. The fourth-order valence-electron chi connectivity index (χ4n) is 4.10. The van der Waals surface area contributed by atoms with E-state index >= 15 is 0 Å². The molecule has 2 aliphatic rings. The van der Waals surface area contributed by atoms with E-state index in [9.17, 15) is 14.9 Å². The quantitative estimate of drug-likeness (QED) is 0.494. The Morgan fingerprint density at radius 2 is 1.91 bits per heavy atom. The Hall–Kier alpha value is -2.93. The van der Waals surface area contributed by atoms with Crippen molar-refractivity contribution in [1.29, 1.82) is 5.26 Å². The Kier molecular flexibility index (Phi) is 7.22. The normalized spacial score (nSPS) is 16.9. The number of ether oxygens (including phenoxy) is 2. The molecule has 9 heteroatoms. The van der Waals surface area contributed by atoms with Crippen LogP contribution in [-0.2, 0) is 27.3 Å². The molecule has 0 atom stereocenters. The molecule has 0 bridgehead atoms. The number of carbonyl (C=O) groups is 2. The summed E-state index contributed by atoms with van der Waals surface area (Å²) in [4.78, 5) is 31.1. The number of anilines is 2. The summed E-state index contributed by atoms with van der Waals surface area (Å²) in [5, 5.41) is 13.4. The highest BCUT2D eigenvalue weighted by atomic mass is 32.2. The molecule has 1 N–H and O–H groups in total. The van der Waals surface area contributed by atoms with Gasteiger partial charge < -0.3 is 19.7 Å². The van der Waals surface area contributed by atoms with Crippen molar-refractivity contribution >= 4 is 35.0 Å². The van der Waals surface area contributed by atoms with Crippen LogP contribution in [0.4, 0.5) is 11.5 Å². The van der Waals surface area contributed by atoms with Gasteiger partial charge in [0, 0.05) is 36.3 Å². The summed E-state index contributed by atoms with van der Waals surface area (Å²) in [6.07, 6.45) is 0.605. The van der Waals surface area contributed by atoms with Crippen LogP contribution in [-0.4, -0.2) is 54.3 Å². The van der Waals surface area contributed by atoms with Gasteiger partial charge in [-0.25, -0.2) is 4.98 Å². The molecule has 1 fully saturated rings. The first-order valence-corrected chi connectivity index (χ1v) is 12.2. The third kappa shape index (κ3) is 5.41. The number of carbonyl (C=O) groups excluding carboxylic acids is 2. The van der Waals surface area contributed by atoms with E-state index in [0.717, 1.165) is 30.0 Å². The minimum absolute atomic E-state index is 0.0272. The topological polar surface area (TPSA) is 105 Å². The molecule has 1 amide bonds. The molecule has 8 nitrogen and oxygen atoms in total. The molecule has 2 aliphatic heterocycles. The van der Waals surface area contributed by atoms with Crippen LogP contribution in [0, 0.1) is 11.3 Å². The summed E-state index contributed by atoms with van der Waals surface area (Å²) < 4.78 is 11.6. The summed E-state index contributed by atoms with van der Waals surface area (Å²) >= 11 is 1.26. The maximum absolute atomic E-state index is 12.6. The average Bonchev–Trinajstić information content (AvgIpc) is 2.82. The number of morpholine rings is 1. The lowest BCUT2D eigenvalue weighted by Crippen LogP contribution is -2.39. The van der Waals surface area contributed by atoms with Crippen LogP contribution in [0.5, 0.6) is 0 Å². The number of fused-ring (bicyclic) bond motifs is 1. The molecule has 4 rings (SSSR count). The summed E-state index contributed by atoms with van der Waals surface area (Å²) in [6, 6.07) is 9.11. The fraction of sp³-hybridized carbons (Fsp3) is 0.440. The number of hydrogen-bond acceptors (Lipinski definition) is 8. The van der Waals surface area contributed by atoms with Gasteiger partial charge in [-0.2, -0.15) is 5.26 Å². The Labute approximate surface area is 203 Å². The van der Waals surface area contributed by atoms with Gasteiger partial charge in [-0.05, 0) is 50.6 Å². The number of Topliss-reactive ketones (excluding diaryl/α,β-unsaturated/α-hetero) is 1. The van der Waals surface area contributed by atoms with Gasteiger partial charge >= 0.3 is 0 Å². The van der Waals surface area contributed by atoms with Gasteiger partial charge in [0.25, 0.3) is 0 Å². The zero-order valence-corrected chi connectivity index (χ0v) is 20.5. The van der Waals surface area contributed by atoms with E-state index in [1.807, 2.05) is 13.8 Å². The number of amides is 1. The van der Waals surface area contributed by atoms with Crippen LogP contribution >= 0.6 is 11.8 Å². The monoisotopic (exact) mass is 480 g/mol. The number of nitriles is 1. The van der Waals surface area contributed by atoms with E-state index in [-0.39, 0.29) is 23.0 Å². The van der Waals surface area contributed by atoms with Gasteiger partial charge in [0.1, 0.15) is 16.9 Å². The first kappa shape index (κ1) is 24.2. The highest BCUT2D eigenvalue weighted by Gasteiger charge is 2.33. The molecule has 1 saturated heterocycles. The summed E-state index contributed by atoms with van der Waals surface area (Å²) in [5.41, 5.74) is 3.25. The van der Waals surface area contributed by atoms with Crippen LogP contribution in [0.15, 0.2) is 29.3 Å². The second-order valence-electron chi connectivity index (χ2n) is 8.98. The first-order chi connectivity index (χ1) is 16.3. The van der Waals surface area contributed by atoms with Crippen LogP contribution in [0.25, 0.3) is 0 Å². The smallest absolute Gasteiger partial charge is 0.234 e. The van der Waals surface area contributed by atoms with E-state index in [4.69, 9.17) is 14.5 Å². The SMILES string of the molecule is CC(=O)c1ccc(NC(=O)CSc2nc(N3CCOCC3)c3c(c2C#N)CC(C)(C)OC3)cc1. The predicted octanol–water partition coefficient (Wildman–Crippen LogP) is 3.57. The number of aromatic nitrogens is 1. The minimum Gasteiger partial charge on any atom is -0.378 e. The predicted molar refractivity (Wildman–Crippen MR) is 130 cm³/mol. The second-order valence-corrected chi connectivity index (χ2v) is 9.94. The summed E-state index contributed by atoms with van der Waals surface area (Å²) in [7, 11) is 0. The first-order valence-electron chi connectivity index (χ1n) is 11.2. The molecule has 2 aromatic rings. The number of pyridine rings is 1. The van der Waals surface area contributed by atoms with Crippen LogP contribution < -0.4 is 10.2 Å². The zero-order valence-electron chi connectivity index (χ0n) is 19.6. The lowest BCUT2D eigenvalue weighted by molar-refractivity contribution is -0.113. The van der Waals surface area contributed by atoms with Gasteiger partial charge in [0.15, 0.2) is 5.78 Å². The maximum Gasteiger partial charge on any atom is 0.234 e. The number of hydrogen-bond donors (Lipinski definition) is 1. The van der Waals surface area contributed by atoms with Crippen molar-refractivity contribution in [3.05, 3.63) is 46.5 Å². The van der Waals surface area contributed by atoms with E-state index in [2.05, 4.69) is 16.3 Å². The Balaban J connectivity index is 1.57. The molecule has 1 aromatic heterocycles. The van der Waals surface area contributed by atoms with Crippen LogP contribution in [0.1, 0.15) is 47.8 Å². The van der Waals surface area contributed by atoms with Gasteiger partial charge in [0.2, 0.25) is 5.91 Å². The van der Waals surface area contributed by atoms with Crippen LogP contribution in [0.2, 0.25) is 0 Å². The van der Waals surface area contributed by atoms with Crippen molar-refractivity contribution in [3.63, 3.8) is 0 Å². The molecular formula is C25H28N4O4S. The highest BCUT2D eigenvalue weighted by molar-refractivity contribution is 8.00. The molecule has 3 heterocycles. The van der Waals surface area contributed by atoms with Crippen molar-refractivity contribution in [2.75, 3.05) is 42.3 Å². The number of thioether (sulfide) groups is 1. The number of benzene rings is 1. The Morgan fingerprint density at radius 1 is 1.21 bits per heavy atom. The minimum atomic E-state index is -0.381. The van der Waals surface area contributed by atoms with E-state index < -0.39 is 0 Å². The van der Waals surface area contributed by atoms with Crippen molar-refractivity contribution in [2.45, 2.75) is 44.4 Å². The van der Waals surface area contributed by atoms with Gasteiger partial charge in [-0.1, -0.05) is 11.8 Å². The zero-order chi connectivity index (χ0) is 24.3. The van der Waals surface area contributed by atoms with Crippen LogP contribution in [0.3, 0.4) is 0 Å². The van der Waals surface area contributed by atoms with Crippen molar-refractivity contribution in [2.24, 2.45) is 0 Å². The van der Waals surface area contributed by atoms with Gasteiger partial charge in [-0.15, -0.1) is 0 Å². The number of rotatable bonds is 6. The molecule has 0 saturated carbocycles. The maximum atomic E-state index is 12.6. The fourth-order valence-corrected chi connectivity index (χ4v) is 4.91. The molecular weight excluding hydrogens is 452 g/mol. The Bertz CT molecular complexity index is 1140. The molecule has 34 heavy (non-hydrogen) atoms. The van der Waals surface area contributed by atoms with E-state index in [0.29, 0.717) is 48.1 Å². The average molecular weight is 481 g/mol. The largest absolute Gasteiger partial charge is 0.378 e. The standard InChI is InChI=1S/C25H28N4O4S/c1-16(30)17-4-6-18(7-5-17)27-22(31)15-34-24-20(13-26)19-12-25(2,3)33-14-21(19)23(28-24)29-8-10-32-11-9-29/h4-7H,8-12,14-15H2,1-3H3,(H,27,31). The number of nitrogens with zero attached hydrogens (tertiary/aromatic N) is 3. The molecule has 0 radical (unpaired) electrons. The number of nitrogens with one attached hydrogen (secondary N) is 1. The Morgan fingerprint density at radius 3 is 2.56 bits per heavy atom. The third-order valence-electron chi connectivity index (χ3n) is 5.90. The highest BCUT2D eigenvalue weighted by Crippen LogP contribution is 2.38. The van der Waals surface area contributed by atoms with E-state index in [1.54, 1.807) is 24.3 Å². The van der Waals surface area contributed by atoms with Crippen molar-refractivity contribution in [3.8, 4) is 6.07 Å². The van der Waals surface area contributed by atoms with Gasteiger partial charge in [-0.3, -0.25) is 9.59 Å². The van der Waals surface area contributed by atoms with Crippen molar-refractivity contribution in [1.82, 2.24) is 4.98 Å². The van der Waals surface area contributed by atoms with Crippen molar-refractivity contribution < 1.29 is 19.1 Å². The third-order valence-corrected chi connectivity index (χ3v) is 6.88. The lowest BCUT2D eigenvalue weighted by Gasteiger charge is -2.36. The molecule has 1 aromatic carbocycles. The number of ketones is 1.